The maximum atomic E-state index is 12.4. The number of nitrogens with one attached hydrogen (secondary N) is 1. The van der Waals surface area contributed by atoms with Crippen molar-refractivity contribution in [2.45, 2.75) is 32.4 Å². The SMILES string of the molecule is CC1CN(C(=O)Nc2ccccc2CC(=O)O)C(C)CO1. The minimum atomic E-state index is -0.926. The molecule has 1 heterocycles. The first-order valence-corrected chi connectivity index (χ1v) is 6.96. The Kier molecular flexibility index (Phi) is 4.80. The standard InChI is InChI=1S/C15H20N2O4/c1-10-9-21-11(2)8-17(10)15(20)16-13-6-4-3-5-12(13)7-14(18)19/h3-6,10-11H,7-9H2,1-2H3,(H,16,20)(H,18,19). The summed E-state index contributed by atoms with van der Waals surface area (Å²) in [5.41, 5.74) is 1.13. The maximum Gasteiger partial charge on any atom is 0.322 e. The molecule has 2 unspecified atom stereocenters. The van der Waals surface area contributed by atoms with Gasteiger partial charge in [0.1, 0.15) is 0 Å². The number of urea groups is 1. The van der Waals surface area contributed by atoms with Crippen molar-refractivity contribution in [1.82, 2.24) is 4.90 Å². The van der Waals surface area contributed by atoms with E-state index in [0.29, 0.717) is 24.4 Å². The monoisotopic (exact) mass is 292 g/mol. The Balaban J connectivity index is 2.10. The predicted octanol–water partition coefficient (Wildman–Crippen LogP) is 1.95. The van der Waals surface area contributed by atoms with Gasteiger partial charge in [-0.25, -0.2) is 4.79 Å². The molecule has 1 aliphatic rings. The highest BCUT2D eigenvalue weighted by Crippen LogP contribution is 2.18. The van der Waals surface area contributed by atoms with Gasteiger partial charge >= 0.3 is 12.0 Å². The van der Waals surface area contributed by atoms with Crippen molar-refractivity contribution in [2.75, 3.05) is 18.5 Å². The molecule has 2 atom stereocenters. The molecule has 0 aliphatic carbocycles. The van der Waals surface area contributed by atoms with Crippen LogP contribution in [0.25, 0.3) is 0 Å². The van der Waals surface area contributed by atoms with Gasteiger partial charge in [-0.15, -0.1) is 0 Å². The van der Waals surface area contributed by atoms with Crippen LogP contribution >= 0.6 is 0 Å². The molecule has 1 aromatic rings. The summed E-state index contributed by atoms with van der Waals surface area (Å²) in [6.07, 6.45) is -0.118. The Bertz CT molecular complexity index is 532. The smallest absolute Gasteiger partial charge is 0.322 e. The Morgan fingerprint density at radius 3 is 2.81 bits per heavy atom. The summed E-state index contributed by atoms with van der Waals surface area (Å²) >= 11 is 0. The Morgan fingerprint density at radius 1 is 1.38 bits per heavy atom. The van der Waals surface area contributed by atoms with E-state index >= 15 is 0 Å². The number of amides is 2. The number of nitrogens with zero attached hydrogens (tertiary/aromatic N) is 1. The van der Waals surface area contributed by atoms with Crippen LogP contribution in [0.4, 0.5) is 10.5 Å². The van der Waals surface area contributed by atoms with Crippen LogP contribution in [0.3, 0.4) is 0 Å². The molecule has 6 heteroatoms. The van der Waals surface area contributed by atoms with Gasteiger partial charge in [-0.2, -0.15) is 0 Å². The fourth-order valence-electron chi connectivity index (χ4n) is 2.33. The van der Waals surface area contributed by atoms with Gasteiger partial charge in [0.05, 0.1) is 25.2 Å². The summed E-state index contributed by atoms with van der Waals surface area (Å²) in [6, 6.07) is 6.71. The molecule has 2 rings (SSSR count). The van der Waals surface area contributed by atoms with Gasteiger partial charge in [0.25, 0.3) is 0 Å². The van der Waals surface area contributed by atoms with E-state index < -0.39 is 5.97 Å². The number of hydrogen-bond acceptors (Lipinski definition) is 3. The van der Waals surface area contributed by atoms with Crippen molar-refractivity contribution >= 4 is 17.7 Å². The molecular weight excluding hydrogens is 272 g/mol. The van der Waals surface area contributed by atoms with Crippen LogP contribution in [0.1, 0.15) is 19.4 Å². The van der Waals surface area contributed by atoms with Gasteiger partial charge < -0.3 is 20.1 Å². The first kappa shape index (κ1) is 15.3. The number of anilines is 1. The molecule has 0 aromatic heterocycles. The number of aliphatic carboxylic acids is 1. The average Bonchev–Trinajstić information content (AvgIpc) is 2.43. The van der Waals surface area contributed by atoms with E-state index in [-0.39, 0.29) is 24.6 Å². The van der Waals surface area contributed by atoms with E-state index in [0.717, 1.165) is 0 Å². The molecule has 1 aliphatic heterocycles. The number of carboxylic acid groups (broad SMARTS) is 1. The number of hydrogen-bond donors (Lipinski definition) is 2. The quantitative estimate of drug-likeness (QED) is 0.892. The zero-order valence-corrected chi connectivity index (χ0v) is 12.2. The van der Waals surface area contributed by atoms with Crippen molar-refractivity contribution in [2.24, 2.45) is 0 Å². The van der Waals surface area contributed by atoms with Gasteiger partial charge in [-0.3, -0.25) is 4.79 Å². The number of para-hydroxylation sites is 1. The lowest BCUT2D eigenvalue weighted by atomic mass is 10.1. The van der Waals surface area contributed by atoms with Gasteiger partial charge in [0, 0.05) is 12.2 Å². The summed E-state index contributed by atoms with van der Waals surface area (Å²) in [7, 11) is 0. The predicted molar refractivity (Wildman–Crippen MR) is 78.4 cm³/mol. The molecule has 2 amide bonds. The number of benzene rings is 1. The van der Waals surface area contributed by atoms with Crippen molar-refractivity contribution < 1.29 is 19.4 Å². The van der Waals surface area contributed by atoms with Gasteiger partial charge in [0.2, 0.25) is 0 Å². The third kappa shape index (κ3) is 3.95. The first-order chi connectivity index (χ1) is 9.97. The average molecular weight is 292 g/mol. The highest BCUT2D eigenvalue weighted by Gasteiger charge is 2.27. The third-order valence-corrected chi connectivity index (χ3v) is 3.47. The second-order valence-corrected chi connectivity index (χ2v) is 5.30. The molecule has 21 heavy (non-hydrogen) atoms. The van der Waals surface area contributed by atoms with Crippen LogP contribution in [0.15, 0.2) is 24.3 Å². The number of carbonyl (C=O) groups is 2. The molecule has 0 spiro atoms. The van der Waals surface area contributed by atoms with E-state index in [1.54, 1.807) is 29.2 Å². The van der Waals surface area contributed by atoms with E-state index in [1.165, 1.54) is 0 Å². The van der Waals surface area contributed by atoms with E-state index in [2.05, 4.69) is 5.32 Å². The maximum absolute atomic E-state index is 12.4. The van der Waals surface area contributed by atoms with Gasteiger partial charge in [-0.1, -0.05) is 18.2 Å². The highest BCUT2D eigenvalue weighted by atomic mass is 16.5. The normalized spacial score (nSPS) is 21.9. The molecule has 0 radical (unpaired) electrons. The second kappa shape index (κ2) is 6.58. The van der Waals surface area contributed by atoms with Gasteiger partial charge in [-0.05, 0) is 25.5 Å². The molecule has 1 aromatic carbocycles. The Morgan fingerprint density at radius 2 is 2.10 bits per heavy atom. The molecule has 0 bridgehead atoms. The minimum absolute atomic E-state index is 0.00112. The Hall–Kier alpha value is -2.08. The van der Waals surface area contributed by atoms with E-state index in [4.69, 9.17) is 9.84 Å². The number of morpholine rings is 1. The molecule has 2 N–H and O–H groups in total. The highest BCUT2D eigenvalue weighted by molar-refractivity contribution is 5.91. The second-order valence-electron chi connectivity index (χ2n) is 5.30. The summed E-state index contributed by atoms with van der Waals surface area (Å²) in [4.78, 5) is 25.0. The number of rotatable bonds is 3. The van der Waals surface area contributed by atoms with E-state index in [9.17, 15) is 9.59 Å². The number of ether oxygens (including phenoxy) is 1. The molecule has 1 saturated heterocycles. The van der Waals surface area contributed by atoms with Crippen molar-refractivity contribution in [3.8, 4) is 0 Å². The molecule has 0 saturated carbocycles. The lowest BCUT2D eigenvalue weighted by Gasteiger charge is -2.36. The van der Waals surface area contributed by atoms with Gasteiger partial charge in [0.15, 0.2) is 0 Å². The Labute approximate surface area is 123 Å². The molecular formula is C15H20N2O4. The fourth-order valence-corrected chi connectivity index (χ4v) is 2.33. The zero-order valence-electron chi connectivity index (χ0n) is 12.2. The minimum Gasteiger partial charge on any atom is -0.481 e. The lowest BCUT2D eigenvalue weighted by Crippen LogP contribution is -2.51. The van der Waals surface area contributed by atoms with Crippen LogP contribution < -0.4 is 5.32 Å². The third-order valence-electron chi connectivity index (χ3n) is 3.47. The first-order valence-electron chi connectivity index (χ1n) is 6.96. The van der Waals surface area contributed by atoms with E-state index in [1.807, 2.05) is 13.8 Å². The summed E-state index contributed by atoms with van der Waals surface area (Å²) in [6.45, 7) is 4.87. The molecule has 114 valence electrons. The van der Waals surface area contributed by atoms with Crippen molar-refractivity contribution in [1.29, 1.82) is 0 Å². The van der Waals surface area contributed by atoms with Crippen molar-refractivity contribution in [3.05, 3.63) is 29.8 Å². The topological polar surface area (TPSA) is 78.9 Å². The zero-order chi connectivity index (χ0) is 15.4. The van der Waals surface area contributed by atoms with Crippen LogP contribution in [-0.2, 0) is 16.0 Å². The number of carbonyl (C=O) groups excluding carboxylic acids is 1. The lowest BCUT2D eigenvalue weighted by molar-refractivity contribution is -0.136. The summed E-state index contributed by atoms with van der Waals surface area (Å²) < 4.78 is 5.50. The van der Waals surface area contributed by atoms with Crippen LogP contribution in [0.5, 0.6) is 0 Å². The number of carboxylic acids is 1. The van der Waals surface area contributed by atoms with Crippen LogP contribution in [0.2, 0.25) is 0 Å². The summed E-state index contributed by atoms with van der Waals surface area (Å²) in [5, 5.41) is 11.7. The largest absolute Gasteiger partial charge is 0.481 e. The van der Waals surface area contributed by atoms with Crippen LogP contribution in [-0.4, -0.2) is 47.3 Å². The fraction of sp³-hybridized carbons (Fsp3) is 0.467. The van der Waals surface area contributed by atoms with Crippen molar-refractivity contribution in [3.63, 3.8) is 0 Å². The molecule has 6 nitrogen and oxygen atoms in total. The summed E-state index contributed by atoms with van der Waals surface area (Å²) in [5.74, 6) is -0.926. The van der Waals surface area contributed by atoms with Crippen LogP contribution in [0, 0.1) is 0 Å². The molecule has 1 fully saturated rings.